The SMILES string of the molecule is COP(=O)(ON)OCCc1ccccc1SSC(C)C. The van der Waals surface area contributed by atoms with Gasteiger partial charge in [-0.05, 0) is 18.1 Å². The maximum atomic E-state index is 11.6. The molecule has 2 N–H and O–H groups in total. The van der Waals surface area contributed by atoms with Gasteiger partial charge in [0.25, 0.3) is 0 Å². The number of hydrogen-bond acceptors (Lipinski definition) is 7. The van der Waals surface area contributed by atoms with Gasteiger partial charge in [-0.25, -0.2) is 15.1 Å². The zero-order valence-electron chi connectivity index (χ0n) is 11.8. The number of rotatable bonds is 9. The molecule has 0 aliphatic heterocycles. The molecule has 114 valence electrons. The van der Waals surface area contributed by atoms with Crippen molar-refractivity contribution in [1.29, 1.82) is 0 Å². The van der Waals surface area contributed by atoms with Crippen LogP contribution in [0.3, 0.4) is 0 Å². The van der Waals surface area contributed by atoms with Crippen molar-refractivity contribution in [3.8, 4) is 0 Å². The van der Waals surface area contributed by atoms with Gasteiger partial charge in [0, 0.05) is 17.3 Å². The summed E-state index contributed by atoms with van der Waals surface area (Å²) < 4.78 is 25.6. The fraction of sp³-hybridized carbons (Fsp3) is 0.500. The number of phosphoric acid groups is 1. The van der Waals surface area contributed by atoms with Crippen molar-refractivity contribution in [2.75, 3.05) is 13.7 Å². The average molecular weight is 337 g/mol. The monoisotopic (exact) mass is 337 g/mol. The van der Waals surface area contributed by atoms with Crippen molar-refractivity contribution in [2.45, 2.75) is 30.4 Å². The maximum absolute atomic E-state index is 11.6. The Morgan fingerprint density at radius 1 is 1.35 bits per heavy atom. The molecule has 20 heavy (non-hydrogen) atoms. The summed E-state index contributed by atoms with van der Waals surface area (Å²) in [7, 11) is 1.16. The molecule has 0 heterocycles. The number of hydrogen-bond donors (Lipinski definition) is 1. The van der Waals surface area contributed by atoms with Crippen molar-refractivity contribution < 1.29 is 18.2 Å². The lowest BCUT2D eigenvalue weighted by atomic mass is 10.2. The van der Waals surface area contributed by atoms with E-state index in [2.05, 4.69) is 29.1 Å². The fourth-order valence-corrected chi connectivity index (χ4v) is 3.98. The lowest BCUT2D eigenvalue weighted by molar-refractivity contribution is 0.133. The van der Waals surface area contributed by atoms with E-state index in [4.69, 9.17) is 10.4 Å². The first-order valence-electron chi connectivity index (χ1n) is 6.11. The highest BCUT2D eigenvalue weighted by Crippen LogP contribution is 2.46. The molecular weight excluding hydrogens is 317 g/mol. The van der Waals surface area contributed by atoms with E-state index in [0.717, 1.165) is 5.56 Å². The average Bonchev–Trinajstić information content (AvgIpc) is 2.46. The van der Waals surface area contributed by atoms with E-state index >= 15 is 0 Å². The van der Waals surface area contributed by atoms with Gasteiger partial charge in [0.1, 0.15) is 0 Å². The van der Waals surface area contributed by atoms with Gasteiger partial charge in [-0.3, -0.25) is 9.05 Å². The van der Waals surface area contributed by atoms with Crippen molar-refractivity contribution in [3.63, 3.8) is 0 Å². The highest BCUT2D eigenvalue weighted by molar-refractivity contribution is 8.76. The molecular formula is C12H20NO4PS2. The topological polar surface area (TPSA) is 70.8 Å². The number of phosphoric ester groups is 1. The fourth-order valence-electron chi connectivity index (χ4n) is 1.33. The third kappa shape index (κ3) is 6.18. The first-order valence-corrected chi connectivity index (χ1v) is 9.78. The van der Waals surface area contributed by atoms with Crippen LogP contribution in [0, 0.1) is 0 Å². The normalized spacial score (nSPS) is 14.4. The molecule has 0 aliphatic carbocycles. The van der Waals surface area contributed by atoms with Crippen LogP contribution < -0.4 is 5.90 Å². The molecule has 0 aliphatic rings. The van der Waals surface area contributed by atoms with Crippen molar-refractivity contribution >= 4 is 29.4 Å². The molecule has 0 fully saturated rings. The highest BCUT2D eigenvalue weighted by atomic mass is 33.1. The first kappa shape index (κ1) is 18.0. The van der Waals surface area contributed by atoms with E-state index in [9.17, 15) is 4.57 Å². The lowest BCUT2D eigenvalue weighted by Gasteiger charge is -2.13. The summed E-state index contributed by atoms with van der Waals surface area (Å²) in [5.41, 5.74) is 1.13. The molecule has 0 spiro atoms. The van der Waals surface area contributed by atoms with Gasteiger partial charge in [-0.15, -0.1) is 0 Å². The summed E-state index contributed by atoms with van der Waals surface area (Å²) in [5.74, 6) is 4.89. The van der Waals surface area contributed by atoms with Gasteiger partial charge >= 0.3 is 7.82 Å². The summed E-state index contributed by atoms with van der Waals surface area (Å²) in [4.78, 5) is 1.18. The zero-order chi connectivity index (χ0) is 15.0. The zero-order valence-corrected chi connectivity index (χ0v) is 14.3. The van der Waals surface area contributed by atoms with Gasteiger partial charge in [0.2, 0.25) is 0 Å². The summed E-state index contributed by atoms with van der Waals surface area (Å²) in [6.45, 7) is 4.51. The summed E-state index contributed by atoms with van der Waals surface area (Å²) in [5, 5.41) is 0.545. The van der Waals surface area contributed by atoms with E-state index in [-0.39, 0.29) is 6.61 Å². The highest BCUT2D eigenvalue weighted by Gasteiger charge is 2.23. The van der Waals surface area contributed by atoms with Crippen LogP contribution >= 0.6 is 29.4 Å². The van der Waals surface area contributed by atoms with Crippen LogP contribution in [0.4, 0.5) is 0 Å². The van der Waals surface area contributed by atoms with Crippen LogP contribution in [-0.2, 0) is 24.7 Å². The molecule has 0 radical (unpaired) electrons. The van der Waals surface area contributed by atoms with E-state index < -0.39 is 7.82 Å². The maximum Gasteiger partial charge on any atom is 0.490 e. The van der Waals surface area contributed by atoms with Gasteiger partial charge in [-0.2, -0.15) is 0 Å². The predicted octanol–water partition coefficient (Wildman–Crippen LogP) is 4.04. The van der Waals surface area contributed by atoms with Crippen LogP contribution in [0.5, 0.6) is 0 Å². The molecule has 1 atom stereocenters. The molecule has 1 aromatic rings. The quantitative estimate of drug-likeness (QED) is 0.414. The Kier molecular flexibility index (Phi) is 8.21. The van der Waals surface area contributed by atoms with Gasteiger partial charge in [-0.1, -0.05) is 53.6 Å². The molecule has 0 amide bonds. The van der Waals surface area contributed by atoms with Crippen molar-refractivity contribution in [2.24, 2.45) is 5.90 Å². The molecule has 1 rings (SSSR count). The molecule has 0 bridgehead atoms. The number of benzene rings is 1. The third-order valence-corrected chi connectivity index (χ3v) is 6.52. The third-order valence-electron chi connectivity index (χ3n) is 2.28. The Bertz CT molecular complexity index is 451. The van der Waals surface area contributed by atoms with Crippen molar-refractivity contribution in [1.82, 2.24) is 0 Å². The Labute approximate surface area is 127 Å². The second-order valence-corrected chi connectivity index (χ2v) is 8.70. The minimum atomic E-state index is -3.60. The first-order chi connectivity index (χ1) is 9.50. The molecule has 5 nitrogen and oxygen atoms in total. The molecule has 0 saturated heterocycles. The molecule has 8 heteroatoms. The largest absolute Gasteiger partial charge is 0.490 e. The Morgan fingerprint density at radius 3 is 2.65 bits per heavy atom. The minimum absolute atomic E-state index is 0.215. The van der Waals surface area contributed by atoms with Crippen LogP contribution in [0.1, 0.15) is 19.4 Å². The van der Waals surface area contributed by atoms with Crippen LogP contribution in [-0.4, -0.2) is 19.0 Å². The molecule has 0 saturated carbocycles. The van der Waals surface area contributed by atoms with Gasteiger partial charge in [0.15, 0.2) is 0 Å². The van der Waals surface area contributed by atoms with E-state index in [1.165, 1.54) is 12.0 Å². The van der Waals surface area contributed by atoms with Crippen LogP contribution in [0.25, 0.3) is 0 Å². The van der Waals surface area contributed by atoms with Gasteiger partial charge in [0.05, 0.1) is 6.61 Å². The summed E-state index contributed by atoms with van der Waals surface area (Å²) >= 11 is 0. The molecule has 1 unspecified atom stereocenters. The van der Waals surface area contributed by atoms with Crippen LogP contribution in [0.2, 0.25) is 0 Å². The summed E-state index contributed by atoms with van der Waals surface area (Å²) in [6.07, 6.45) is 0.610. The predicted molar refractivity (Wildman–Crippen MR) is 84.6 cm³/mol. The summed E-state index contributed by atoms with van der Waals surface area (Å²) in [6, 6.07) is 8.05. The second kappa shape index (κ2) is 9.10. The Balaban J connectivity index is 2.57. The number of nitrogens with two attached hydrogens (primary N) is 1. The van der Waals surface area contributed by atoms with E-state index in [1.54, 1.807) is 21.6 Å². The lowest BCUT2D eigenvalue weighted by Crippen LogP contribution is -2.05. The Morgan fingerprint density at radius 2 is 2.05 bits per heavy atom. The van der Waals surface area contributed by atoms with E-state index in [1.807, 2.05) is 18.2 Å². The molecule has 1 aromatic carbocycles. The van der Waals surface area contributed by atoms with Crippen LogP contribution in [0.15, 0.2) is 29.2 Å². The van der Waals surface area contributed by atoms with E-state index in [0.29, 0.717) is 11.7 Å². The Hall–Kier alpha value is -0.0100. The molecule has 0 aromatic heterocycles. The van der Waals surface area contributed by atoms with Crippen molar-refractivity contribution in [3.05, 3.63) is 29.8 Å². The smallest absolute Gasteiger partial charge is 0.289 e. The standard InChI is InChI=1S/C12H20NO4PS2/c1-10(2)19-20-12-7-5-4-6-11(12)8-9-16-18(14,15-3)17-13/h4-7,10H,8-9,13H2,1-3H3. The second-order valence-electron chi connectivity index (χ2n) is 4.15. The minimum Gasteiger partial charge on any atom is -0.289 e. The van der Waals surface area contributed by atoms with Gasteiger partial charge < -0.3 is 0 Å².